The molecule has 0 N–H and O–H groups in total. The van der Waals surface area contributed by atoms with E-state index >= 15 is 0 Å². The van der Waals surface area contributed by atoms with Crippen molar-refractivity contribution < 1.29 is 27.1 Å². The first-order chi connectivity index (χ1) is 16.7. The smallest absolute Gasteiger partial charge is 0.416 e. The first-order valence-electron chi connectivity index (χ1n) is 10.7. The van der Waals surface area contributed by atoms with Crippen LogP contribution < -0.4 is 15.1 Å². The molecule has 1 atom stereocenters. The number of hydrogen-bond acceptors (Lipinski definition) is 4. The molecule has 5 rings (SSSR count). The van der Waals surface area contributed by atoms with Crippen molar-refractivity contribution in [2.75, 3.05) is 11.5 Å². The minimum absolute atomic E-state index is 0.0236. The maximum atomic E-state index is 13.6. The van der Waals surface area contributed by atoms with Gasteiger partial charge in [0.2, 0.25) is 5.76 Å². The maximum Gasteiger partial charge on any atom is 0.416 e. The fourth-order valence-corrected chi connectivity index (χ4v) is 4.47. The molecule has 3 aromatic carbocycles. The first-order valence-corrected chi connectivity index (χ1v) is 11.1. The van der Waals surface area contributed by atoms with Gasteiger partial charge in [-0.15, -0.1) is 0 Å². The van der Waals surface area contributed by atoms with Gasteiger partial charge in [0.15, 0.2) is 5.43 Å². The molecule has 0 aliphatic carbocycles. The van der Waals surface area contributed by atoms with Crippen LogP contribution in [-0.4, -0.2) is 12.5 Å². The fourth-order valence-electron chi connectivity index (χ4n) is 4.30. The van der Waals surface area contributed by atoms with Gasteiger partial charge in [-0.3, -0.25) is 14.5 Å². The van der Waals surface area contributed by atoms with Gasteiger partial charge in [0.05, 0.1) is 29.2 Å². The predicted octanol–water partition coefficient (Wildman–Crippen LogP) is 6.61. The lowest BCUT2D eigenvalue weighted by Gasteiger charge is -2.26. The van der Waals surface area contributed by atoms with Crippen LogP contribution in [0.1, 0.15) is 40.2 Å². The zero-order valence-electron chi connectivity index (χ0n) is 18.2. The van der Waals surface area contributed by atoms with E-state index in [1.807, 2.05) is 0 Å². The average Bonchev–Trinajstić information content (AvgIpc) is 3.12. The number of hydrogen-bond donors (Lipinski definition) is 0. The molecule has 0 saturated carbocycles. The van der Waals surface area contributed by atoms with Crippen molar-refractivity contribution in [3.8, 4) is 5.75 Å². The summed E-state index contributed by atoms with van der Waals surface area (Å²) in [5.41, 5.74) is -0.774. The molecule has 178 valence electrons. The summed E-state index contributed by atoms with van der Waals surface area (Å²) in [6.07, 6.45) is -4.62. The third-order valence-electron chi connectivity index (χ3n) is 5.77. The van der Waals surface area contributed by atoms with E-state index in [4.69, 9.17) is 20.8 Å². The van der Waals surface area contributed by atoms with Crippen molar-refractivity contribution in [3.05, 3.63) is 104 Å². The zero-order valence-corrected chi connectivity index (χ0v) is 19.0. The predicted molar refractivity (Wildman–Crippen MR) is 125 cm³/mol. The van der Waals surface area contributed by atoms with Crippen LogP contribution in [-0.2, 0) is 6.18 Å². The van der Waals surface area contributed by atoms with Crippen LogP contribution in [0.25, 0.3) is 11.0 Å². The van der Waals surface area contributed by atoms with Gasteiger partial charge in [-0.1, -0.05) is 29.8 Å². The minimum Gasteiger partial charge on any atom is -0.494 e. The molecule has 35 heavy (non-hydrogen) atoms. The Bertz CT molecular complexity index is 1530. The number of rotatable bonds is 4. The van der Waals surface area contributed by atoms with E-state index in [1.54, 1.807) is 31.2 Å². The van der Waals surface area contributed by atoms with Crippen molar-refractivity contribution in [2.24, 2.45) is 0 Å². The van der Waals surface area contributed by atoms with Crippen molar-refractivity contribution in [1.29, 1.82) is 0 Å². The molecule has 0 fully saturated rings. The summed E-state index contributed by atoms with van der Waals surface area (Å²) in [7, 11) is 0. The summed E-state index contributed by atoms with van der Waals surface area (Å²) >= 11 is 6.08. The van der Waals surface area contributed by atoms with Crippen molar-refractivity contribution in [3.63, 3.8) is 0 Å². The SMILES string of the molecule is CCOc1cccc(C2c3c(oc4ccc(Cl)cc4c3=O)C(=O)N2c2cccc(C(F)(F)F)c2)c1. The van der Waals surface area contributed by atoms with Crippen molar-refractivity contribution in [1.82, 2.24) is 0 Å². The third-order valence-corrected chi connectivity index (χ3v) is 6.00. The lowest BCUT2D eigenvalue weighted by Crippen LogP contribution is -2.29. The number of anilines is 1. The highest BCUT2D eigenvalue weighted by Crippen LogP contribution is 2.43. The number of fused-ring (bicyclic) bond motifs is 2. The van der Waals surface area contributed by atoms with Crippen LogP contribution in [0.3, 0.4) is 0 Å². The average molecular weight is 500 g/mol. The molecule has 0 bridgehead atoms. The number of carbonyl (C=O) groups excluding carboxylic acids is 1. The Kier molecular flexibility index (Phi) is 5.56. The van der Waals surface area contributed by atoms with Gasteiger partial charge in [-0.2, -0.15) is 13.2 Å². The molecule has 5 nitrogen and oxygen atoms in total. The molecule has 1 aliphatic heterocycles. The van der Waals surface area contributed by atoms with Gasteiger partial charge in [0.1, 0.15) is 11.3 Å². The Hall–Kier alpha value is -3.78. The van der Waals surface area contributed by atoms with E-state index in [9.17, 15) is 22.8 Å². The highest BCUT2D eigenvalue weighted by atomic mass is 35.5. The second-order valence-corrected chi connectivity index (χ2v) is 8.38. The second-order valence-electron chi connectivity index (χ2n) is 7.95. The Balaban J connectivity index is 1.79. The van der Waals surface area contributed by atoms with E-state index < -0.39 is 29.1 Å². The number of benzene rings is 3. The number of alkyl halides is 3. The molecule has 1 amide bonds. The molecule has 1 unspecified atom stereocenters. The lowest BCUT2D eigenvalue weighted by molar-refractivity contribution is -0.137. The molecular weight excluding hydrogens is 483 g/mol. The summed E-state index contributed by atoms with van der Waals surface area (Å²) < 4.78 is 51.8. The topological polar surface area (TPSA) is 59.8 Å². The van der Waals surface area contributed by atoms with Gasteiger partial charge in [0, 0.05) is 10.7 Å². The highest BCUT2D eigenvalue weighted by molar-refractivity contribution is 6.31. The van der Waals surface area contributed by atoms with Crippen LogP contribution in [0, 0.1) is 0 Å². The number of ether oxygens (including phenoxy) is 1. The summed E-state index contributed by atoms with van der Waals surface area (Å²) in [5, 5.41) is 0.472. The maximum absolute atomic E-state index is 13.6. The van der Waals surface area contributed by atoms with Crippen LogP contribution in [0.2, 0.25) is 5.02 Å². The quantitative estimate of drug-likeness (QED) is 0.317. The van der Waals surface area contributed by atoms with Gasteiger partial charge in [-0.05, 0) is 61.0 Å². The Labute approximate surface area is 202 Å². The van der Waals surface area contributed by atoms with Crippen molar-refractivity contribution >= 4 is 34.2 Å². The number of nitrogens with zero attached hydrogens (tertiary/aromatic N) is 1. The number of amides is 1. The number of carbonyl (C=O) groups is 1. The fraction of sp³-hybridized carbons (Fsp3) is 0.154. The van der Waals surface area contributed by atoms with Gasteiger partial charge < -0.3 is 9.15 Å². The van der Waals surface area contributed by atoms with E-state index in [1.165, 1.54) is 30.3 Å². The molecule has 0 saturated heterocycles. The van der Waals surface area contributed by atoms with E-state index in [0.717, 1.165) is 17.0 Å². The number of halogens is 4. The summed E-state index contributed by atoms with van der Waals surface area (Å²) in [6, 6.07) is 14.5. The molecule has 1 aliphatic rings. The largest absolute Gasteiger partial charge is 0.494 e. The normalized spacial score (nSPS) is 15.5. The first kappa shape index (κ1) is 23.0. The monoisotopic (exact) mass is 499 g/mol. The molecule has 2 heterocycles. The molecule has 9 heteroatoms. The second kappa shape index (κ2) is 8.46. The molecule has 0 radical (unpaired) electrons. The van der Waals surface area contributed by atoms with Crippen LogP contribution in [0.15, 0.2) is 75.9 Å². The summed E-state index contributed by atoms with van der Waals surface area (Å²) in [5.74, 6) is -0.461. The molecule has 1 aromatic heterocycles. The van der Waals surface area contributed by atoms with Crippen LogP contribution >= 0.6 is 11.6 Å². The highest BCUT2D eigenvalue weighted by Gasteiger charge is 2.44. The van der Waals surface area contributed by atoms with E-state index in [-0.39, 0.29) is 28.0 Å². The lowest BCUT2D eigenvalue weighted by atomic mass is 9.98. The Morgan fingerprint density at radius 2 is 1.80 bits per heavy atom. The van der Waals surface area contributed by atoms with Gasteiger partial charge in [0.25, 0.3) is 5.91 Å². The molecular formula is C26H17ClF3NO4. The third kappa shape index (κ3) is 3.93. The van der Waals surface area contributed by atoms with E-state index in [2.05, 4.69) is 0 Å². The van der Waals surface area contributed by atoms with Gasteiger partial charge >= 0.3 is 6.18 Å². The van der Waals surface area contributed by atoms with Crippen molar-refractivity contribution in [2.45, 2.75) is 19.1 Å². The van der Waals surface area contributed by atoms with Gasteiger partial charge in [-0.25, -0.2) is 0 Å². The standard InChI is InChI=1S/C26H17ClF3NO4/c1-2-34-18-8-3-5-14(11-18)22-21-23(32)19-13-16(27)9-10-20(19)35-24(21)25(33)31(22)17-7-4-6-15(12-17)26(28,29)30/h3-13,22H,2H2,1H3. The molecule has 4 aromatic rings. The molecule has 0 spiro atoms. The Morgan fingerprint density at radius 1 is 1.03 bits per heavy atom. The summed E-state index contributed by atoms with van der Waals surface area (Å²) in [6.45, 7) is 2.19. The minimum atomic E-state index is -4.62. The Morgan fingerprint density at radius 3 is 2.54 bits per heavy atom. The van der Waals surface area contributed by atoms with Crippen LogP contribution in [0.5, 0.6) is 5.75 Å². The van der Waals surface area contributed by atoms with Crippen LogP contribution in [0.4, 0.5) is 18.9 Å². The van der Waals surface area contributed by atoms with E-state index in [0.29, 0.717) is 22.9 Å². The zero-order chi connectivity index (χ0) is 24.9. The summed E-state index contributed by atoms with van der Waals surface area (Å²) in [4.78, 5) is 28.3.